The minimum absolute atomic E-state index is 0.0772. The van der Waals surface area contributed by atoms with Gasteiger partial charge in [0.2, 0.25) is 0 Å². The van der Waals surface area contributed by atoms with Gasteiger partial charge in [-0.1, -0.05) is 30.0 Å². The second-order valence-corrected chi connectivity index (χ2v) is 3.71. The van der Waals surface area contributed by atoms with Crippen molar-refractivity contribution < 1.29 is 0 Å². The quantitative estimate of drug-likeness (QED) is 0.781. The molecule has 0 bridgehead atoms. The van der Waals surface area contributed by atoms with E-state index in [1.807, 2.05) is 24.3 Å². The molecule has 1 heterocycles. The van der Waals surface area contributed by atoms with Gasteiger partial charge in [-0.2, -0.15) is 0 Å². The van der Waals surface area contributed by atoms with Crippen molar-refractivity contribution in [3.05, 3.63) is 64.3 Å². The third kappa shape index (κ3) is 2.84. The van der Waals surface area contributed by atoms with Gasteiger partial charge in [0.05, 0.1) is 19.4 Å². The summed E-state index contributed by atoms with van der Waals surface area (Å²) >= 11 is 0. The van der Waals surface area contributed by atoms with E-state index >= 15 is 0 Å². The van der Waals surface area contributed by atoms with Crippen LogP contribution in [0.15, 0.2) is 47.7 Å². The third-order valence-electron chi connectivity index (χ3n) is 2.48. The topological polar surface area (TPSA) is 60.9 Å². The first-order chi connectivity index (χ1) is 8.81. The van der Waals surface area contributed by atoms with E-state index in [-0.39, 0.29) is 5.56 Å². The van der Waals surface area contributed by atoms with Crippen LogP contribution in [0.3, 0.4) is 0 Å². The Labute approximate surface area is 105 Å². The van der Waals surface area contributed by atoms with Crippen molar-refractivity contribution in [3.63, 3.8) is 0 Å². The minimum atomic E-state index is -0.0772. The van der Waals surface area contributed by atoms with Gasteiger partial charge in [-0.3, -0.25) is 9.36 Å². The highest BCUT2D eigenvalue weighted by molar-refractivity contribution is 5.41. The van der Waals surface area contributed by atoms with Gasteiger partial charge in [0.1, 0.15) is 0 Å². The first-order valence-corrected chi connectivity index (χ1v) is 5.58. The zero-order valence-electron chi connectivity index (χ0n) is 9.84. The van der Waals surface area contributed by atoms with Crippen LogP contribution in [0.4, 0.5) is 0 Å². The van der Waals surface area contributed by atoms with Gasteiger partial charge in [-0.15, -0.1) is 0 Å². The molecule has 0 saturated heterocycles. The van der Waals surface area contributed by atoms with Crippen LogP contribution in [-0.4, -0.2) is 16.1 Å². The number of aromatic nitrogens is 2. The van der Waals surface area contributed by atoms with Gasteiger partial charge < -0.3 is 5.73 Å². The molecule has 0 unspecified atom stereocenters. The van der Waals surface area contributed by atoms with Crippen LogP contribution in [-0.2, 0) is 6.54 Å². The van der Waals surface area contributed by atoms with Crippen molar-refractivity contribution in [1.82, 2.24) is 9.55 Å². The number of hydrogen-bond donors (Lipinski definition) is 1. The Balaban J connectivity index is 2.35. The Morgan fingerprint density at radius 1 is 1.28 bits per heavy atom. The molecule has 0 atom stereocenters. The molecule has 4 heteroatoms. The lowest BCUT2D eigenvalue weighted by Gasteiger charge is -2.06. The lowest BCUT2D eigenvalue weighted by molar-refractivity contribution is 0.735. The molecule has 0 aliphatic carbocycles. The van der Waals surface area contributed by atoms with Crippen molar-refractivity contribution >= 4 is 0 Å². The number of nitrogens with two attached hydrogens (primary N) is 1. The lowest BCUT2D eigenvalue weighted by atomic mass is 10.1. The summed E-state index contributed by atoms with van der Waals surface area (Å²) in [4.78, 5) is 15.6. The molecule has 90 valence electrons. The minimum Gasteiger partial charge on any atom is -0.320 e. The van der Waals surface area contributed by atoms with Crippen molar-refractivity contribution in [1.29, 1.82) is 0 Å². The van der Waals surface area contributed by atoms with Crippen molar-refractivity contribution in [2.24, 2.45) is 5.73 Å². The molecule has 0 radical (unpaired) electrons. The van der Waals surface area contributed by atoms with Crippen LogP contribution in [0.1, 0.15) is 11.1 Å². The maximum absolute atomic E-state index is 11.6. The maximum Gasteiger partial charge on any atom is 0.253 e. The van der Waals surface area contributed by atoms with Gasteiger partial charge in [0, 0.05) is 17.8 Å². The number of nitrogens with zero attached hydrogens (tertiary/aromatic N) is 2. The molecule has 2 N–H and O–H groups in total. The summed E-state index contributed by atoms with van der Waals surface area (Å²) in [7, 11) is 0. The van der Waals surface area contributed by atoms with Gasteiger partial charge in [0.15, 0.2) is 0 Å². The maximum atomic E-state index is 11.6. The molecular weight excluding hydrogens is 226 g/mol. The molecular formula is C14H13N3O. The predicted octanol–water partition coefficient (Wildman–Crippen LogP) is 0.602. The van der Waals surface area contributed by atoms with Gasteiger partial charge in [-0.05, 0) is 11.6 Å². The summed E-state index contributed by atoms with van der Waals surface area (Å²) < 4.78 is 1.54. The fourth-order valence-corrected chi connectivity index (χ4v) is 1.61. The lowest BCUT2D eigenvalue weighted by Crippen LogP contribution is -2.19. The molecule has 18 heavy (non-hydrogen) atoms. The monoisotopic (exact) mass is 239 g/mol. The second kappa shape index (κ2) is 5.80. The molecule has 4 nitrogen and oxygen atoms in total. The summed E-state index contributed by atoms with van der Waals surface area (Å²) in [5.41, 5.74) is 7.15. The SMILES string of the molecule is NCC#Cc1ccccc1Cn1cnccc1=O. The Morgan fingerprint density at radius 3 is 2.89 bits per heavy atom. The second-order valence-electron chi connectivity index (χ2n) is 3.71. The van der Waals surface area contributed by atoms with Crippen molar-refractivity contribution in [2.45, 2.75) is 6.54 Å². The molecule has 0 aliphatic rings. The summed E-state index contributed by atoms with van der Waals surface area (Å²) in [6.07, 6.45) is 3.01. The van der Waals surface area contributed by atoms with E-state index in [1.165, 1.54) is 18.6 Å². The molecule has 0 amide bonds. The number of rotatable bonds is 2. The first kappa shape index (κ1) is 12.1. The Morgan fingerprint density at radius 2 is 2.11 bits per heavy atom. The smallest absolute Gasteiger partial charge is 0.253 e. The van der Waals surface area contributed by atoms with E-state index in [4.69, 9.17) is 5.73 Å². The standard InChI is InChI=1S/C14H13N3O/c15-8-3-6-12-4-1-2-5-13(12)10-17-11-16-9-7-14(17)18/h1-2,4-5,7,9,11H,8,10,15H2. The Hall–Kier alpha value is -2.38. The van der Waals surface area contributed by atoms with E-state index in [1.54, 1.807) is 4.57 Å². The third-order valence-corrected chi connectivity index (χ3v) is 2.48. The fraction of sp³-hybridized carbons (Fsp3) is 0.143. The normalized spacial score (nSPS) is 9.61. The first-order valence-electron chi connectivity index (χ1n) is 5.58. The van der Waals surface area contributed by atoms with Crippen LogP contribution >= 0.6 is 0 Å². The summed E-state index contributed by atoms with van der Waals surface area (Å²) in [6, 6.07) is 9.13. The highest BCUT2D eigenvalue weighted by Gasteiger charge is 2.01. The molecule has 1 aromatic carbocycles. The fourth-order valence-electron chi connectivity index (χ4n) is 1.61. The van der Waals surface area contributed by atoms with Crippen LogP contribution < -0.4 is 11.3 Å². The van der Waals surface area contributed by atoms with Crippen LogP contribution in [0.25, 0.3) is 0 Å². The molecule has 0 spiro atoms. The van der Waals surface area contributed by atoms with E-state index in [0.717, 1.165) is 11.1 Å². The summed E-state index contributed by atoms with van der Waals surface area (Å²) in [5.74, 6) is 5.82. The van der Waals surface area contributed by atoms with Gasteiger partial charge >= 0.3 is 0 Å². The van der Waals surface area contributed by atoms with Crippen LogP contribution in [0, 0.1) is 11.8 Å². The molecule has 0 fully saturated rings. The zero-order valence-corrected chi connectivity index (χ0v) is 9.84. The van der Waals surface area contributed by atoms with Gasteiger partial charge in [-0.25, -0.2) is 4.98 Å². The van der Waals surface area contributed by atoms with E-state index in [0.29, 0.717) is 13.1 Å². The van der Waals surface area contributed by atoms with Crippen LogP contribution in [0.5, 0.6) is 0 Å². The van der Waals surface area contributed by atoms with E-state index in [9.17, 15) is 4.79 Å². The zero-order chi connectivity index (χ0) is 12.8. The number of benzene rings is 1. The average Bonchev–Trinajstić information content (AvgIpc) is 2.40. The Kier molecular flexibility index (Phi) is 3.90. The van der Waals surface area contributed by atoms with Crippen molar-refractivity contribution in [2.75, 3.05) is 6.54 Å². The molecule has 0 aliphatic heterocycles. The largest absolute Gasteiger partial charge is 0.320 e. The summed E-state index contributed by atoms with van der Waals surface area (Å²) in [6.45, 7) is 0.781. The van der Waals surface area contributed by atoms with E-state index < -0.39 is 0 Å². The molecule has 2 rings (SSSR count). The highest BCUT2D eigenvalue weighted by Crippen LogP contribution is 2.08. The average molecular weight is 239 g/mol. The molecule has 1 aromatic heterocycles. The molecule has 0 saturated carbocycles. The predicted molar refractivity (Wildman–Crippen MR) is 70.0 cm³/mol. The Bertz CT molecular complexity index is 650. The highest BCUT2D eigenvalue weighted by atomic mass is 16.1. The van der Waals surface area contributed by atoms with Gasteiger partial charge in [0.25, 0.3) is 5.56 Å². The number of hydrogen-bond acceptors (Lipinski definition) is 3. The molecule has 2 aromatic rings. The van der Waals surface area contributed by atoms with E-state index in [2.05, 4.69) is 16.8 Å². The van der Waals surface area contributed by atoms with Crippen molar-refractivity contribution in [3.8, 4) is 11.8 Å². The van der Waals surface area contributed by atoms with Crippen LogP contribution in [0.2, 0.25) is 0 Å². The summed E-state index contributed by atoms with van der Waals surface area (Å²) in [5, 5.41) is 0.